The molecule has 0 spiro atoms. The summed E-state index contributed by atoms with van der Waals surface area (Å²) >= 11 is 1.45. The lowest BCUT2D eigenvalue weighted by atomic mass is 10.0. The van der Waals surface area contributed by atoms with Crippen LogP contribution in [0.25, 0.3) is 22.4 Å². The Morgan fingerprint density at radius 3 is 2.20 bits per heavy atom. The zero-order valence-corrected chi connectivity index (χ0v) is 17.8. The Hall–Kier alpha value is -3.31. The van der Waals surface area contributed by atoms with Gasteiger partial charge in [0.1, 0.15) is 0 Å². The van der Waals surface area contributed by atoms with Crippen molar-refractivity contribution < 1.29 is 4.79 Å². The number of nitrogens with zero attached hydrogens (tertiary/aromatic N) is 2. The Morgan fingerprint density at radius 2 is 1.50 bits per heavy atom. The zero-order valence-electron chi connectivity index (χ0n) is 16.9. The van der Waals surface area contributed by atoms with Gasteiger partial charge in [0, 0.05) is 18.3 Å². The summed E-state index contributed by atoms with van der Waals surface area (Å²) in [6.45, 7) is 1.90. The van der Waals surface area contributed by atoms with Crippen LogP contribution in [0.1, 0.15) is 6.92 Å². The molecule has 30 heavy (non-hydrogen) atoms. The molecule has 0 bridgehead atoms. The number of carbonyl (C=O) groups is 1. The Bertz CT molecular complexity index is 1140. The summed E-state index contributed by atoms with van der Waals surface area (Å²) < 4.78 is 2.03. The van der Waals surface area contributed by atoms with Crippen LogP contribution in [0.4, 0.5) is 5.69 Å². The molecule has 150 valence electrons. The van der Waals surface area contributed by atoms with E-state index < -0.39 is 0 Å². The Morgan fingerprint density at radius 1 is 0.900 bits per heavy atom. The van der Waals surface area contributed by atoms with Gasteiger partial charge in [-0.15, -0.1) is 0 Å². The fraction of sp³-hybridized carbons (Fsp3) is 0.120. The number of aromatic nitrogens is 2. The molecule has 1 aromatic heterocycles. The first-order valence-corrected chi connectivity index (χ1v) is 10.7. The molecule has 5 heteroatoms. The fourth-order valence-electron chi connectivity index (χ4n) is 3.29. The molecule has 0 unspecified atom stereocenters. The fourth-order valence-corrected chi connectivity index (χ4v) is 4.14. The van der Waals surface area contributed by atoms with Gasteiger partial charge in [-0.2, -0.15) is 0 Å². The average Bonchev–Trinajstić information content (AvgIpc) is 3.15. The summed E-state index contributed by atoms with van der Waals surface area (Å²) in [7, 11) is 1.98. The van der Waals surface area contributed by atoms with E-state index in [1.54, 1.807) is 0 Å². The first kappa shape index (κ1) is 20.0. The van der Waals surface area contributed by atoms with Crippen LogP contribution in [0.2, 0.25) is 0 Å². The zero-order chi connectivity index (χ0) is 20.9. The molecule has 4 aromatic rings. The molecule has 0 saturated heterocycles. The van der Waals surface area contributed by atoms with Crippen LogP contribution in [0.5, 0.6) is 0 Å². The third-order valence-electron chi connectivity index (χ3n) is 4.94. The van der Waals surface area contributed by atoms with Gasteiger partial charge in [-0.25, -0.2) is 4.98 Å². The third-order valence-corrected chi connectivity index (χ3v) is 6.09. The van der Waals surface area contributed by atoms with Gasteiger partial charge < -0.3 is 9.88 Å². The van der Waals surface area contributed by atoms with Crippen molar-refractivity contribution in [3.05, 3.63) is 91.1 Å². The molecule has 1 N–H and O–H groups in total. The molecule has 4 nitrogen and oxygen atoms in total. The lowest BCUT2D eigenvalue weighted by Crippen LogP contribution is -2.23. The molecule has 0 aliphatic heterocycles. The smallest absolute Gasteiger partial charge is 0.237 e. The summed E-state index contributed by atoms with van der Waals surface area (Å²) in [5.41, 5.74) is 5.02. The molecule has 4 rings (SSSR count). The van der Waals surface area contributed by atoms with Gasteiger partial charge in [0.15, 0.2) is 5.16 Å². The molecule has 1 heterocycles. The van der Waals surface area contributed by atoms with E-state index in [0.717, 1.165) is 33.2 Å². The van der Waals surface area contributed by atoms with Crippen LogP contribution in [0.3, 0.4) is 0 Å². The van der Waals surface area contributed by atoms with Crippen LogP contribution >= 0.6 is 11.8 Å². The molecule has 0 saturated carbocycles. The van der Waals surface area contributed by atoms with E-state index in [9.17, 15) is 4.79 Å². The number of para-hydroxylation sites is 1. The Balaban J connectivity index is 1.49. The number of hydrogen-bond acceptors (Lipinski definition) is 3. The van der Waals surface area contributed by atoms with E-state index in [4.69, 9.17) is 0 Å². The predicted octanol–water partition coefficient (Wildman–Crippen LogP) is 5.87. The van der Waals surface area contributed by atoms with Crippen molar-refractivity contribution in [2.45, 2.75) is 17.3 Å². The second-order valence-corrected chi connectivity index (χ2v) is 8.32. The van der Waals surface area contributed by atoms with Crippen LogP contribution < -0.4 is 5.32 Å². The van der Waals surface area contributed by atoms with Crippen LogP contribution in [0, 0.1) is 0 Å². The summed E-state index contributed by atoms with van der Waals surface area (Å²) in [6, 6.07) is 28.1. The lowest BCUT2D eigenvalue weighted by molar-refractivity contribution is -0.115. The van der Waals surface area contributed by atoms with Gasteiger partial charge in [0.05, 0.1) is 17.1 Å². The maximum absolute atomic E-state index is 12.9. The molecule has 0 fully saturated rings. The number of amides is 1. The molecular weight excluding hydrogens is 390 g/mol. The predicted molar refractivity (Wildman–Crippen MR) is 124 cm³/mol. The van der Waals surface area contributed by atoms with E-state index in [1.165, 1.54) is 11.8 Å². The standard InChI is InChI=1S/C25H23N3OS/c1-18(30-25-26-17-23(28(25)2)20-13-7-4-8-14-20)24(29)27-22-16-10-9-15-21(22)19-11-5-3-6-12-19/h3-18H,1-2H3,(H,27,29)/t18-/m1/s1. The van der Waals surface area contributed by atoms with Crippen molar-refractivity contribution in [1.29, 1.82) is 0 Å². The second-order valence-electron chi connectivity index (χ2n) is 7.01. The monoisotopic (exact) mass is 413 g/mol. The van der Waals surface area contributed by atoms with E-state index in [-0.39, 0.29) is 11.2 Å². The SMILES string of the molecule is C[C@@H](Sc1ncc(-c2ccccc2)n1C)C(=O)Nc1ccccc1-c1ccccc1. The number of rotatable bonds is 6. The van der Waals surface area contributed by atoms with E-state index in [0.29, 0.717) is 0 Å². The lowest BCUT2D eigenvalue weighted by Gasteiger charge is -2.15. The highest BCUT2D eigenvalue weighted by molar-refractivity contribution is 8.00. The van der Waals surface area contributed by atoms with Crippen molar-refractivity contribution in [3.8, 4) is 22.4 Å². The van der Waals surface area contributed by atoms with Gasteiger partial charge in [0.2, 0.25) is 5.91 Å². The molecule has 1 atom stereocenters. The number of anilines is 1. The minimum absolute atomic E-state index is 0.0485. The number of thioether (sulfide) groups is 1. The van der Waals surface area contributed by atoms with Gasteiger partial charge in [-0.1, -0.05) is 90.6 Å². The van der Waals surface area contributed by atoms with Crippen LogP contribution in [-0.4, -0.2) is 20.7 Å². The van der Waals surface area contributed by atoms with Crippen LogP contribution in [0.15, 0.2) is 96.3 Å². The summed E-state index contributed by atoms with van der Waals surface area (Å²) in [5.74, 6) is -0.0485. The minimum atomic E-state index is -0.293. The highest BCUT2D eigenvalue weighted by Gasteiger charge is 2.19. The number of hydrogen-bond donors (Lipinski definition) is 1. The van der Waals surface area contributed by atoms with E-state index >= 15 is 0 Å². The van der Waals surface area contributed by atoms with Crippen molar-refractivity contribution in [3.63, 3.8) is 0 Å². The molecular formula is C25H23N3OS. The summed E-state index contributed by atoms with van der Waals surface area (Å²) in [4.78, 5) is 17.5. The van der Waals surface area contributed by atoms with Crippen LogP contribution in [-0.2, 0) is 11.8 Å². The van der Waals surface area contributed by atoms with Crippen molar-refractivity contribution in [2.24, 2.45) is 7.05 Å². The number of nitrogens with one attached hydrogen (secondary N) is 1. The number of carbonyl (C=O) groups excluding carboxylic acids is 1. The molecule has 0 aliphatic rings. The molecule has 0 aliphatic carbocycles. The quantitative estimate of drug-likeness (QED) is 0.402. The van der Waals surface area contributed by atoms with Gasteiger partial charge in [0.25, 0.3) is 0 Å². The Labute approximate surface area is 181 Å². The van der Waals surface area contributed by atoms with Gasteiger partial charge in [-0.3, -0.25) is 4.79 Å². The third kappa shape index (κ3) is 4.31. The highest BCUT2D eigenvalue weighted by atomic mass is 32.2. The molecule has 3 aromatic carbocycles. The largest absolute Gasteiger partial charge is 0.325 e. The minimum Gasteiger partial charge on any atom is -0.325 e. The Kier molecular flexibility index (Phi) is 6.00. The second kappa shape index (κ2) is 9.01. The molecule has 1 amide bonds. The van der Waals surface area contributed by atoms with Gasteiger partial charge in [-0.05, 0) is 24.1 Å². The van der Waals surface area contributed by atoms with Gasteiger partial charge >= 0.3 is 0 Å². The van der Waals surface area contributed by atoms with Crippen molar-refractivity contribution in [1.82, 2.24) is 9.55 Å². The first-order valence-electron chi connectivity index (χ1n) is 9.82. The average molecular weight is 414 g/mol. The highest BCUT2D eigenvalue weighted by Crippen LogP contribution is 2.30. The molecule has 0 radical (unpaired) electrons. The van der Waals surface area contributed by atoms with Crippen molar-refractivity contribution in [2.75, 3.05) is 5.32 Å². The maximum atomic E-state index is 12.9. The number of imidazole rings is 1. The summed E-state index contributed by atoms with van der Waals surface area (Å²) in [6.07, 6.45) is 1.85. The summed E-state index contributed by atoms with van der Waals surface area (Å²) in [5, 5.41) is 3.61. The topological polar surface area (TPSA) is 46.9 Å². The normalized spacial score (nSPS) is 11.8. The number of benzene rings is 3. The van der Waals surface area contributed by atoms with E-state index in [2.05, 4.69) is 22.4 Å². The van der Waals surface area contributed by atoms with E-state index in [1.807, 2.05) is 97.5 Å². The maximum Gasteiger partial charge on any atom is 0.237 e. The van der Waals surface area contributed by atoms with Crippen molar-refractivity contribution >= 4 is 23.4 Å². The first-order chi connectivity index (χ1) is 14.6.